The van der Waals surface area contributed by atoms with Crippen LogP contribution in [0, 0.1) is 0 Å². The molecule has 1 aliphatic heterocycles. The lowest BCUT2D eigenvalue weighted by atomic mass is 10.2. The Morgan fingerprint density at radius 2 is 2.10 bits per heavy atom. The molecule has 0 aromatic heterocycles. The highest BCUT2D eigenvalue weighted by molar-refractivity contribution is 5.77. The van der Waals surface area contributed by atoms with Gasteiger partial charge in [0.25, 0.3) is 0 Å². The zero-order valence-corrected chi connectivity index (χ0v) is 12.5. The highest BCUT2D eigenvalue weighted by Gasteiger charge is 2.29. The third kappa shape index (κ3) is 4.35. The Hall–Kier alpha value is -1.34. The number of methoxy groups -OCH3 is 1. The number of rotatable bonds is 7. The van der Waals surface area contributed by atoms with Crippen LogP contribution in [0.25, 0.3) is 0 Å². The number of hydrogen-bond donors (Lipinski definition) is 2. The van der Waals surface area contributed by atoms with Gasteiger partial charge < -0.3 is 20.1 Å². The van der Waals surface area contributed by atoms with Crippen molar-refractivity contribution < 1.29 is 19.4 Å². The number of ether oxygens (including phenoxy) is 1. The van der Waals surface area contributed by atoms with Crippen LogP contribution < -0.4 is 5.32 Å². The van der Waals surface area contributed by atoms with Gasteiger partial charge in [-0.2, -0.15) is 0 Å². The largest absolute Gasteiger partial charge is 0.479 e. The molecule has 2 atom stereocenters. The van der Waals surface area contributed by atoms with Crippen LogP contribution in [0.5, 0.6) is 0 Å². The summed E-state index contributed by atoms with van der Waals surface area (Å²) in [7, 11) is 1.32. The maximum atomic E-state index is 12.0. The van der Waals surface area contributed by atoms with Crippen LogP contribution in [0.2, 0.25) is 0 Å². The first-order valence-corrected chi connectivity index (χ1v) is 7.05. The summed E-state index contributed by atoms with van der Waals surface area (Å²) in [5, 5.41) is 11.4. The molecular weight excluding hydrogens is 262 g/mol. The number of carboxylic acid groups (broad SMARTS) is 1. The van der Waals surface area contributed by atoms with Crippen molar-refractivity contribution in [2.24, 2.45) is 0 Å². The van der Waals surface area contributed by atoms with Gasteiger partial charge >= 0.3 is 12.0 Å². The summed E-state index contributed by atoms with van der Waals surface area (Å²) < 4.78 is 4.78. The highest BCUT2D eigenvalue weighted by atomic mass is 16.5. The molecule has 1 saturated heterocycles. The minimum atomic E-state index is -1.07. The van der Waals surface area contributed by atoms with Crippen LogP contribution in [0.1, 0.15) is 20.3 Å². The van der Waals surface area contributed by atoms with Gasteiger partial charge in [0.2, 0.25) is 0 Å². The van der Waals surface area contributed by atoms with Gasteiger partial charge in [-0.1, -0.05) is 13.8 Å². The Kier molecular flexibility index (Phi) is 6.74. The molecular formula is C13H25N3O4. The molecule has 7 nitrogen and oxygen atoms in total. The Balaban J connectivity index is 2.40. The van der Waals surface area contributed by atoms with E-state index in [0.717, 1.165) is 19.5 Å². The van der Waals surface area contributed by atoms with Crippen LogP contribution >= 0.6 is 0 Å². The molecule has 2 unspecified atom stereocenters. The van der Waals surface area contributed by atoms with Gasteiger partial charge in [-0.25, -0.2) is 9.59 Å². The second-order valence-corrected chi connectivity index (χ2v) is 4.86. The second kappa shape index (κ2) is 8.06. The fraction of sp³-hybridized carbons (Fsp3) is 0.846. The second-order valence-electron chi connectivity index (χ2n) is 4.86. The molecule has 0 spiro atoms. The van der Waals surface area contributed by atoms with Crippen molar-refractivity contribution in [3.8, 4) is 0 Å². The number of aliphatic carboxylic acids is 1. The van der Waals surface area contributed by atoms with Gasteiger partial charge in [0, 0.05) is 26.2 Å². The molecule has 2 amide bonds. The number of hydrogen-bond acceptors (Lipinski definition) is 4. The van der Waals surface area contributed by atoms with E-state index in [4.69, 9.17) is 9.84 Å². The van der Waals surface area contributed by atoms with E-state index in [2.05, 4.69) is 24.1 Å². The fourth-order valence-corrected chi connectivity index (χ4v) is 2.53. The molecule has 1 heterocycles. The molecule has 0 aromatic carbocycles. The van der Waals surface area contributed by atoms with E-state index < -0.39 is 12.1 Å². The molecule has 0 saturated carbocycles. The lowest BCUT2D eigenvalue weighted by Gasteiger charge is -2.26. The maximum Gasteiger partial charge on any atom is 0.334 e. The number of carbonyl (C=O) groups is 2. The first kappa shape index (κ1) is 16.7. The molecule has 0 radical (unpaired) electrons. The first-order valence-electron chi connectivity index (χ1n) is 7.05. The van der Waals surface area contributed by atoms with Gasteiger partial charge in [-0.15, -0.1) is 0 Å². The van der Waals surface area contributed by atoms with Crippen LogP contribution in [-0.2, 0) is 9.53 Å². The lowest BCUT2D eigenvalue weighted by Crippen LogP contribution is -2.45. The van der Waals surface area contributed by atoms with Crippen molar-refractivity contribution in [2.75, 3.05) is 39.8 Å². The normalized spacial score (nSPS) is 20.2. The summed E-state index contributed by atoms with van der Waals surface area (Å²) in [6.45, 7) is 7.56. The van der Waals surface area contributed by atoms with E-state index in [9.17, 15) is 9.59 Å². The van der Waals surface area contributed by atoms with Gasteiger partial charge in [0.1, 0.15) is 0 Å². The number of amides is 2. The number of carbonyl (C=O) groups excluding carboxylic acids is 1. The minimum Gasteiger partial charge on any atom is -0.479 e. The Morgan fingerprint density at radius 3 is 2.60 bits per heavy atom. The number of likely N-dealkylation sites (tertiary alicyclic amines) is 1. The van der Waals surface area contributed by atoms with Crippen LogP contribution in [0.4, 0.5) is 4.79 Å². The van der Waals surface area contributed by atoms with Crippen molar-refractivity contribution in [2.45, 2.75) is 32.4 Å². The summed E-state index contributed by atoms with van der Waals surface area (Å²) in [4.78, 5) is 26.8. The Labute approximate surface area is 119 Å². The summed E-state index contributed by atoms with van der Waals surface area (Å²) in [5.41, 5.74) is 0. The van der Waals surface area contributed by atoms with E-state index in [1.54, 1.807) is 4.90 Å². The standard InChI is InChI=1S/C13H25N3O4/c1-4-15(5-2)10-6-7-16(9-10)13(19)14-8-11(20-3)12(17)18/h10-11H,4-9H2,1-3H3,(H,14,19)(H,17,18). The number of urea groups is 1. The highest BCUT2D eigenvalue weighted by Crippen LogP contribution is 2.15. The van der Waals surface area contributed by atoms with Crippen LogP contribution in [0.3, 0.4) is 0 Å². The van der Waals surface area contributed by atoms with Crippen molar-refractivity contribution in [1.29, 1.82) is 0 Å². The van der Waals surface area contributed by atoms with Gasteiger partial charge in [-0.05, 0) is 19.5 Å². The minimum absolute atomic E-state index is 0.0168. The molecule has 0 aliphatic carbocycles. The van der Waals surface area contributed by atoms with Gasteiger partial charge in [0.05, 0.1) is 6.54 Å². The molecule has 20 heavy (non-hydrogen) atoms. The van der Waals surface area contributed by atoms with E-state index in [1.807, 2.05) is 0 Å². The summed E-state index contributed by atoms with van der Waals surface area (Å²) in [6.07, 6.45) is -0.0398. The molecule has 1 aliphatic rings. The zero-order chi connectivity index (χ0) is 15.1. The smallest absolute Gasteiger partial charge is 0.334 e. The van der Waals surface area contributed by atoms with E-state index >= 15 is 0 Å². The van der Waals surface area contributed by atoms with E-state index in [1.165, 1.54) is 7.11 Å². The summed E-state index contributed by atoms with van der Waals surface area (Å²) >= 11 is 0. The molecule has 1 rings (SSSR count). The predicted molar refractivity (Wildman–Crippen MR) is 74.7 cm³/mol. The predicted octanol–water partition coefficient (Wildman–Crippen LogP) is 0.212. The molecule has 116 valence electrons. The van der Waals surface area contributed by atoms with E-state index in [0.29, 0.717) is 19.1 Å². The molecule has 0 bridgehead atoms. The number of nitrogens with one attached hydrogen (secondary N) is 1. The van der Waals surface area contributed by atoms with Crippen LogP contribution in [0.15, 0.2) is 0 Å². The topological polar surface area (TPSA) is 82.1 Å². The van der Waals surface area contributed by atoms with Gasteiger partial charge in [-0.3, -0.25) is 4.90 Å². The lowest BCUT2D eigenvalue weighted by molar-refractivity contribution is -0.148. The zero-order valence-electron chi connectivity index (χ0n) is 12.5. The van der Waals surface area contributed by atoms with Gasteiger partial charge in [0.15, 0.2) is 6.10 Å². The number of nitrogens with zero attached hydrogens (tertiary/aromatic N) is 2. The third-order valence-electron chi connectivity index (χ3n) is 3.78. The summed E-state index contributed by atoms with van der Waals surface area (Å²) in [5.74, 6) is -1.07. The average molecular weight is 287 g/mol. The maximum absolute atomic E-state index is 12.0. The SMILES string of the molecule is CCN(CC)C1CCN(C(=O)NCC(OC)C(=O)O)C1. The average Bonchev–Trinajstić information content (AvgIpc) is 2.90. The first-order chi connectivity index (χ1) is 9.53. The quantitative estimate of drug-likeness (QED) is 0.699. The number of likely N-dealkylation sites (N-methyl/N-ethyl adjacent to an activating group) is 1. The van der Waals surface area contributed by atoms with Crippen LogP contribution in [-0.4, -0.2) is 78.9 Å². The van der Waals surface area contributed by atoms with Crippen molar-refractivity contribution in [3.05, 3.63) is 0 Å². The molecule has 1 fully saturated rings. The fourth-order valence-electron chi connectivity index (χ4n) is 2.53. The molecule has 7 heteroatoms. The van der Waals surface area contributed by atoms with E-state index in [-0.39, 0.29) is 12.6 Å². The third-order valence-corrected chi connectivity index (χ3v) is 3.78. The summed E-state index contributed by atoms with van der Waals surface area (Å²) in [6, 6.07) is 0.177. The Bertz CT molecular complexity index is 334. The number of carboxylic acids is 1. The van der Waals surface area contributed by atoms with Crippen molar-refractivity contribution in [1.82, 2.24) is 15.1 Å². The monoisotopic (exact) mass is 287 g/mol. The molecule has 2 N–H and O–H groups in total. The molecule has 0 aromatic rings. The Morgan fingerprint density at radius 1 is 1.45 bits per heavy atom. The van der Waals surface area contributed by atoms with Crippen molar-refractivity contribution >= 4 is 12.0 Å². The van der Waals surface area contributed by atoms with Crippen molar-refractivity contribution in [3.63, 3.8) is 0 Å².